The molecule has 0 N–H and O–H groups in total. The van der Waals surface area contributed by atoms with Crippen LogP contribution in [0.5, 0.6) is 0 Å². The highest BCUT2D eigenvalue weighted by molar-refractivity contribution is 6.22. The molecule has 0 radical (unpaired) electrons. The van der Waals surface area contributed by atoms with Crippen molar-refractivity contribution < 1.29 is 9.59 Å². The van der Waals surface area contributed by atoms with Crippen LogP contribution in [0.25, 0.3) is 0 Å². The normalized spacial score (nSPS) is 20.4. The van der Waals surface area contributed by atoms with E-state index in [-0.39, 0.29) is 23.7 Å². The second kappa shape index (κ2) is 6.47. The van der Waals surface area contributed by atoms with Crippen molar-refractivity contribution in [1.82, 2.24) is 0 Å². The van der Waals surface area contributed by atoms with E-state index in [4.69, 9.17) is 0 Å². The number of nitrogens with zero attached hydrogens (tertiary/aromatic N) is 1. The van der Waals surface area contributed by atoms with Crippen molar-refractivity contribution in [2.24, 2.45) is 11.8 Å². The van der Waals surface area contributed by atoms with Crippen molar-refractivity contribution in [1.29, 1.82) is 0 Å². The maximum atomic E-state index is 13.1. The third-order valence-electron chi connectivity index (χ3n) is 5.38. The third kappa shape index (κ3) is 3.11. The fourth-order valence-electron chi connectivity index (χ4n) is 3.51. The molecule has 2 unspecified atom stereocenters. The molecule has 1 aliphatic rings. The van der Waals surface area contributed by atoms with Crippen LogP contribution < -0.4 is 4.90 Å². The Morgan fingerprint density at radius 2 is 1.52 bits per heavy atom. The molecule has 3 rings (SSSR count). The molecule has 2 aromatic rings. The Kier molecular flexibility index (Phi) is 4.51. The predicted octanol–water partition coefficient (Wildman–Crippen LogP) is 4.29. The molecule has 2 aromatic carbocycles. The van der Waals surface area contributed by atoms with Gasteiger partial charge in [0.05, 0.1) is 11.6 Å². The Morgan fingerprint density at radius 3 is 2.20 bits per heavy atom. The van der Waals surface area contributed by atoms with Crippen LogP contribution in [-0.4, -0.2) is 11.8 Å². The lowest BCUT2D eigenvalue weighted by molar-refractivity contribution is -0.122. The van der Waals surface area contributed by atoms with Crippen LogP contribution in [0.1, 0.15) is 34.7 Å². The van der Waals surface area contributed by atoms with Crippen LogP contribution in [0.15, 0.2) is 36.4 Å². The minimum atomic E-state index is -0.297. The van der Waals surface area contributed by atoms with Gasteiger partial charge in [0.15, 0.2) is 0 Å². The summed E-state index contributed by atoms with van der Waals surface area (Å²) < 4.78 is 0. The topological polar surface area (TPSA) is 37.4 Å². The molecular formula is C22H25NO2. The molecule has 1 heterocycles. The summed E-state index contributed by atoms with van der Waals surface area (Å²) in [5.74, 6) is -0.763. The Balaban J connectivity index is 1.92. The molecule has 1 saturated heterocycles. The smallest absolute Gasteiger partial charge is 0.238 e. The number of anilines is 1. The van der Waals surface area contributed by atoms with E-state index in [1.54, 1.807) is 0 Å². The average molecular weight is 335 g/mol. The van der Waals surface area contributed by atoms with E-state index < -0.39 is 0 Å². The van der Waals surface area contributed by atoms with Crippen LogP contribution in [0.4, 0.5) is 5.69 Å². The molecule has 1 fully saturated rings. The first-order valence-electron chi connectivity index (χ1n) is 8.80. The van der Waals surface area contributed by atoms with Crippen molar-refractivity contribution in [2.45, 2.75) is 41.0 Å². The fraction of sp³-hybridized carbons (Fsp3) is 0.364. The molecule has 3 heteroatoms. The van der Waals surface area contributed by atoms with Gasteiger partial charge in [-0.25, -0.2) is 4.90 Å². The van der Waals surface area contributed by atoms with Crippen LogP contribution in [0, 0.1) is 39.5 Å². The Morgan fingerprint density at radius 1 is 0.840 bits per heavy atom. The maximum absolute atomic E-state index is 13.1. The minimum absolute atomic E-state index is 0.0792. The van der Waals surface area contributed by atoms with Gasteiger partial charge in [0.25, 0.3) is 0 Å². The van der Waals surface area contributed by atoms with Crippen LogP contribution in [0.2, 0.25) is 0 Å². The lowest BCUT2D eigenvalue weighted by Gasteiger charge is -2.18. The number of imide groups is 1. The quantitative estimate of drug-likeness (QED) is 0.785. The van der Waals surface area contributed by atoms with Crippen LogP contribution >= 0.6 is 0 Å². The Bertz CT molecular complexity index is 853. The average Bonchev–Trinajstić information content (AvgIpc) is 2.77. The van der Waals surface area contributed by atoms with Gasteiger partial charge in [-0.05, 0) is 68.0 Å². The monoisotopic (exact) mass is 335 g/mol. The van der Waals surface area contributed by atoms with Gasteiger partial charge in [0, 0.05) is 5.92 Å². The van der Waals surface area contributed by atoms with Crippen LogP contribution in [-0.2, 0) is 16.0 Å². The number of carbonyl (C=O) groups is 2. The minimum Gasteiger partial charge on any atom is -0.274 e. The number of hydrogen-bond donors (Lipinski definition) is 0. The van der Waals surface area contributed by atoms with E-state index in [9.17, 15) is 9.59 Å². The van der Waals surface area contributed by atoms with Gasteiger partial charge in [-0.2, -0.15) is 0 Å². The molecule has 0 aromatic heterocycles. The molecule has 3 nitrogen and oxygen atoms in total. The number of hydrogen-bond acceptors (Lipinski definition) is 2. The second-order valence-corrected chi connectivity index (χ2v) is 7.32. The predicted molar refractivity (Wildman–Crippen MR) is 101 cm³/mol. The van der Waals surface area contributed by atoms with Gasteiger partial charge in [0.2, 0.25) is 11.8 Å². The van der Waals surface area contributed by atoms with Gasteiger partial charge in [-0.3, -0.25) is 9.59 Å². The maximum Gasteiger partial charge on any atom is 0.238 e. The van der Waals surface area contributed by atoms with Gasteiger partial charge < -0.3 is 0 Å². The molecular weight excluding hydrogens is 310 g/mol. The number of rotatable bonds is 3. The van der Waals surface area contributed by atoms with E-state index in [0.29, 0.717) is 6.42 Å². The zero-order valence-electron chi connectivity index (χ0n) is 15.6. The van der Waals surface area contributed by atoms with Gasteiger partial charge >= 0.3 is 0 Å². The summed E-state index contributed by atoms with van der Waals surface area (Å²) in [4.78, 5) is 27.3. The highest BCUT2D eigenvalue weighted by atomic mass is 16.2. The number of amides is 2. The van der Waals surface area contributed by atoms with Gasteiger partial charge in [-0.15, -0.1) is 0 Å². The highest BCUT2D eigenvalue weighted by Crippen LogP contribution is 2.35. The first kappa shape index (κ1) is 17.4. The lowest BCUT2D eigenvalue weighted by atomic mass is 9.89. The van der Waals surface area contributed by atoms with E-state index in [1.807, 2.05) is 39.0 Å². The van der Waals surface area contributed by atoms with Gasteiger partial charge in [0.1, 0.15) is 0 Å². The number of aryl methyl sites for hydroxylation is 4. The van der Waals surface area contributed by atoms with E-state index in [1.165, 1.54) is 16.0 Å². The van der Waals surface area contributed by atoms with Crippen molar-refractivity contribution in [3.63, 3.8) is 0 Å². The van der Waals surface area contributed by atoms with Crippen LogP contribution in [0.3, 0.4) is 0 Å². The molecule has 2 atom stereocenters. The van der Waals surface area contributed by atoms with Crippen molar-refractivity contribution in [3.05, 3.63) is 64.2 Å². The molecule has 0 bridgehead atoms. The largest absolute Gasteiger partial charge is 0.274 e. The Labute approximate surface area is 149 Å². The first-order chi connectivity index (χ1) is 11.8. The fourth-order valence-corrected chi connectivity index (χ4v) is 3.51. The summed E-state index contributed by atoms with van der Waals surface area (Å²) in [5.41, 5.74) is 6.29. The van der Waals surface area contributed by atoms with Crippen molar-refractivity contribution >= 4 is 17.5 Å². The molecule has 0 saturated carbocycles. The van der Waals surface area contributed by atoms with Crippen molar-refractivity contribution in [2.75, 3.05) is 4.90 Å². The second-order valence-electron chi connectivity index (χ2n) is 7.32. The molecule has 25 heavy (non-hydrogen) atoms. The summed E-state index contributed by atoms with van der Waals surface area (Å²) in [6.45, 7) is 9.94. The number of benzene rings is 2. The molecule has 2 amide bonds. The summed E-state index contributed by atoms with van der Waals surface area (Å²) in [5, 5.41) is 0. The Hall–Kier alpha value is -2.42. The SMILES string of the molecule is Cc1ccc(C)c(N2C(=O)C(C)C(Cc3ccc(C)c(C)c3)C2=O)c1. The number of carbonyl (C=O) groups excluding carboxylic acids is 2. The third-order valence-corrected chi connectivity index (χ3v) is 5.38. The van der Waals surface area contributed by atoms with E-state index in [0.717, 1.165) is 22.4 Å². The highest BCUT2D eigenvalue weighted by Gasteiger charge is 2.45. The van der Waals surface area contributed by atoms with Crippen molar-refractivity contribution in [3.8, 4) is 0 Å². The lowest BCUT2D eigenvalue weighted by Crippen LogP contribution is -2.31. The summed E-state index contributed by atoms with van der Waals surface area (Å²) >= 11 is 0. The summed E-state index contributed by atoms with van der Waals surface area (Å²) in [6, 6.07) is 12.2. The molecule has 0 aliphatic carbocycles. The summed E-state index contributed by atoms with van der Waals surface area (Å²) in [6.07, 6.45) is 0.605. The first-order valence-corrected chi connectivity index (χ1v) is 8.80. The molecule has 130 valence electrons. The molecule has 1 aliphatic heterocycles. The standard InChI is InChI=1S/C22H25NO2/c1-13-6-7-15(3)20(10-13)23-21(24)17(5)19(22(23)25)12-18-9-8-14(2)16(4)11-18/h6-11,17,19H,12H2,1-5H3. The zero-order valence-corrected chi connectivity index (χ0v) is 15.6. The van der Waals surface area contributed by atoms with E-state index >= 15 is 0 Å². The van der Waals surface area contributed by atoms with Gasteiger partial charge in [-0.1, -0.05) is 37.3 Å². The zero-order chi connectivity index (χ0) is 18.3. The molecule has 0 spiro atoms. The summed E-state index contributed by atoms with van der Waals surface area (Å²) in [7, 11) is 0. The van der Waals surface area contributed by atoms with E-state index in [2.05, 4.69) is 32.0 Å².